The van der Waals surface area contributed by atoms with Gasteiger partial charge in [-0.2, -0.15) is 0 Å². The van der Waals surface area contributed by atoms with Gasteiger partial charge in [-0.05, 0) is 30.5 Å². The molecule has 0 aromatic heterocycles. The maximum atomic E-state index is 3.99. The zero-order valence-electron chi connectivity index (χ0n) is 6.61. The van der Waals surface area contributed by atoms with Crippen molar-refractivity contribution in [3.63, 3.8) is 0 Å². The Morgan fingerprint density at radius 2 is 2.30 bits per heavy atom. The number of hydrogen-bond acceptors (Lipinski definition) is 1. The number of nitrogens with one attached hydrogen (secondary N) is 1. The Balaban J connectivity index is 2.60. The molecule has 0 aliphatic carbocycles. The molecule has 1 rings (SSSR count). The second-order valence-corrected chi connectivity index (χ2v) is 2.79. The second-order valence-electron chi connectivity index (χ2n) is 2.79. The van der Waals surface area contributed by atoms with Crippen LogP contribution in [-0.4, -0.2) is 12.6 Å². The van der Waals surface area contributed by atoms with Gasteiger partial charge in [0.05, 0.1) is 0 Å². The first-order chi connectivity index (χ1) is 4.75. The molecule has 1 atom stereocenters. The first kappa shape index (κ1) is 7.55. The van der Waals surface area contributed by atoms with Gasteiger partial charge in [-0.3, -0.25) is 0 Å². The van der Waals surface area contributed by atoms with E-state index in [9.17, 15) is 0 Å². The maximum Gasteiger partial charge on any atom is 0.0314 e. The molecule has 0 radical (unpaired) electrons. The van der Waals surface area contributed by atoms with Gasteiger partial charge >= 0.3 is 0 Å². The van der Waals surface area contributed by atoms with Crippen LogP contribution in [0.15, 0.2) is 24.3 Å². The fourth-order valence-electron chi connectivity index (χ4n) is 1.32. The molecule has 1 heterocycles. The topological polar surface area (TPSA) is 12.0 Å². The average molecular weight is 137 g/mol. The van der Waals surface area contributed by atoms with Crippen LogP contribution in [-0.2, 0) is 0 Å². The van der Waals surface area contributed by atoms with Gasteiger partial charge < -0.3 is 5.32 Å². The summed E-state index contributed by atoms with van der Waals surface area (Å²) in [5.41, 5.74) is 2.43. The van der Waals surface area contributed by atoms with Crippen molar-refractivity contribution in [2.45, 2.75) is 25.8 Å². The Bertz CT molecular complexity index is 158. The van der Waals surface area contributed by atoms with Crippen molar-refractivity contribution >= 4 is 0 Å². The lowest BCUT2D eigenvalue weighted by molar-refractivity contribution is 0.528. The van der Waals surface area contributed by atoms with Crippen molar-refractivity contribution in [1.29, 1.82) is 0 Å². The third-order valence-corrected chi connectivity index (χ3v) is 2.10. The van der Waals surface area contributed by atoms with E-state index in [1.807, 2.05) is 0 Å². The maximum absolute atomic E-state index is 3.99. The summed E-state index contributed by atoms with van der Waals surface area (Å²) in [7, 11) is 0. The van der Waals surface area contributed by atoms with Crippen LogP contribution in [0.2, 0.25) is 0 Å². The average Bonchev–Trinajstić information content (AvgIpc) is 1.95. The number of rotatable bonds is 1. The van der Waals surface area contributed by atoms with Gasteiger partial charge in [0.2, 0.25) is 0 Å². The highest BCUT2D eigenvalue weighted by Crippen LogP contribution is 2.19. The monoisotopic (exact) mass is 137 g/mol. The molecule has 1 fully saturated rings. The van der Waals surface area contributed by atoms with Crippen molar-refractivity contribution in [3.8, 4) is 0 Å². The standard InChI is InChI=1S/C9H15N/c1-4-9-8(3)7(2)5-6-10-9/h9-10H,2-6H2,1H3. The van der Waals surface area contributed by atoms with E-state index in [0.717, 1.165) is 19.4 Å². The Labute approximate surface area is 62.8 Å². The minimum absolute atomic E-state index is 0.487. The van der Waals surface area contributed by atoms with Crippen LogP contribution in [0.3, 0.4) is 0 Å². The molecule has 1 N–H and O–H groups in total. The Hall–Kier alpha value is -0.560. The van der Waals surface area contributed by atoms with Gasteiger partial charge in [0, 0.05) is 6.04 Å². The predicted molar refractivity (Wildman–Crippen MR) is 45.0 cm³/mol. The zero-order valence-corrected chi connectivity index (χ0v) is 6.61. The van der Waals surface area contributed by atoms with Crippen LogP contribution in [0.25, 0.3) is 0 Å². The van der Waals surface area contributed by atoms with Gasteiger partial charge in [0.25, 0.3) is 0 Å². The lowest BCUT2D eigenvalue weighted by Gasteiger charge is -2.26. The van der Waals surface area contributed by atoms with Gasteiger partial charge in [-0.15, -0.1) is 0 Å². The first-order valence-electron chi connectivity index (χ1n) is 3.86. The molecule has 1 aliphatic heterocycles. The summed E-state index contributed by atoms with van der Waals surface area (Å²) in [6, 6.07) is 0.487. The highest BCUT2D eigenvalue weighted by molar-refractivity contribution is 5.32. The molecule has 0 spiro atoms. The van der Waals surface area contributed by atoms with E-state index in [2.05, 4.69) is 25.4 Å². The van der Waals surface area contributed by atoms with Crippen LogP contribution < -0.4 is 5.32 Å². The third-order valence-electron chi connectivity index (χ3n) is 2.10. The van der Waals surface area contributed by atoms with E-state index in [-0.39, 0.29) is 0 Å². The van der Waals surface area contributed by atoms with Crippen LogP contribution in [0, 0.1) is 0 Å². The van der Waals surface area contributed by atoms with Gasteiger partial charge in [-0.1, -0.05) is 20.1 Å². The van der Waals surface area contributed by atoms with Crippen LogP contribution in [0.1, 0.15) is 19.8 Å². The van der Waals surface area contributed by atoms with E-state index < -0.39 is 0 Å². The molecule has 0 saturated carbocycles. The summed E-state index contributed by atoms with van der Waals surface area (Å²) in [6.45, 7) is 11.2. The molecule has 0 aromatic rings. The molecule has 1 unspecified atom stereocenters. The Kier molecular flexibility index (Phi) is 2.28. The number of hydrogen-bond donors (Lipinski definition) is 1. The lowest BCUT2D eigenvalue weighted by Crippen LogP contribution is -2.35. The molecule has 0 amide bonds. The summed E-state index contributed by atoms with van der Waals surface area (Å²) in [5, 5.41) is 3.39. The summed E-state index contributed by atoms with van der Waals surface area (Å²) >= 11 is 0. The lowest BCUT2D eigenvalue weighted by atomic mass is 9.93. The summed E-state index contributed by atoms with van der Waals surface area (Å²) in [4.78, 5) is 0. The fraction of sp³-hybridized carbons (Fsp3) is 0.556. The van der Waals surface area contributed by atoms with E-state index in [0.29, 0.717) is 6.04 Å². The molecule has 0 aromatic carbocycles. The largest absolute Gasteiger partial charge is 0.310 e. The van der Waals surface area contributed by atoms with Crippen LogP contribution in [0.5, 0.6) is 0 Å². The molecule has 1 aliphatic rings. The summed E-state index contributed by atoms with van der Waals surface area (Å²) in [6.07, 6.45) is 2.19. The van der Waals surface area contributed by atoms with Gasteiger partial charge in [0.15, 0.2) is 0 Å². The van der Waals surface area contributed by atoms with Crippen molar-refractivity contribution < 1.29 is 0 Å². The SMILES string of the molecule is C=C1CCNC(CC)C1=C. The smallest absolute Gasteiger partial charge is 0.0314 e. The Morgan fingerprint density at radius 1 is 1.60 bits per heavy atom. The summed E-state index contributed by atoms with van der Waals surface area (Å²) in [5.74, 6) is 0. The highest BCUT2D eigenvalue weighted by atomic mass is 14.9. The van der Waals surface area contributed by atoms with E-state index >= 15 is 0 Å². The fourth-order valence-corrected chi connectivity index (χ4v) is 1.32. The minimum atomic E-state index is 0.487. The van der Waals surface area contributed by atoms with Crippen LogP contribution in [0.4, 0.5) is 0 Å². The van der Waals surface area contributed by atoms with Crippen molar-refractivity contribution in [2.75, 3.05) is 6.54 Å². The molecule has 1 heteroatoms. The predicted octanol–water partition coefficient (Wildman–Crippen LogP) is 1.87. The third kappa shape index (κ3) is 1.29. The first-order valence-corrected chi connectivity index (χ1v) is 3.86. The molecular formula is C9H15N. The molecule has 0 bridgehead atoms. The molecule has 1 saturated heterocycles. The van der Waals surface area contributed by atoms with Crippen molar-refractivity contribution in [2.24, 2.45) is 0 Å². The second kappa shape index (κ2) is 3.02. The van der Waals surface area contributed by atoms with Gasteiger partial charge in [-0.25, -0.2) is 0 Å². The molecule has 1 nitrogen and oxygen atoms in total. The molecular weight excluding hydrogens is 122 g/mol. The molecule has 56 valence electrons. The van der Waals surface area contributed by atoms with Crippen molar-refractivity contribution in [1.82, 2.24) is 5.32 Å². The highest BCUT2D eigenvalue weighted by Gasteiger charge is 2.16. The minimum Gasteiger partial charge on any atom is -0.310 e. The number of piperidine rings is 1. The van der Waals surface area contributed by atoms with E-state index in [4.69, 9.17) is 0 Å². The quantitative estimate of drug-likeness (QED) is 0.581. The van der Waals surface area contributed by atoms with E-state index in [1.165, 1.54) is 11.1 Å². The van der Waals surface area contributed by atoms with Crippen LogP contribution >= 0.6 is 0 Å². The summed E-state index contributed by atoms with van der Waals surface area (Å²) < 4.78 is 0. The van der Waals surface area contributed by atoms with Gasteiger partial charge in [0.1, 0.15) is 0 Å². The van der Waals surface area contributed by atoms with Crippen molar-refractivity contribution in [3.05, 3.63) is 24.3 Å². The van der Waals surface area contributed by atoms with E-state index in [1.54, 1.807) is 0 Å². The molecule has 10 heavy (non-hydrogen) atoms. The zero-order chi connectivity index (χ0) is 7.56. The Morgan fingerprint density at radius 3 is 2.80 bits per heavy atom. The normalized spacial score (nSPS) is 27.1.